The SMILES string of the molecule is COCCC(=O)Oc1cccc2c1CCCC2. The van der Waals surface area contributed by atoms with Gasteiger partial charge in [-0.05, 0) is 42.9 Å². The lowest BCUT2D eigenvalue weighted by atomic mass is 9.91. The van der Waals surface area contributed by atoms with Crippen LogP contribution in [0.25, 0.3) is 0 Å². The molecule has 0 N–H and O–H groups in total. The molecule has 0 aromatic heterocycles. The van der Waals surface area contributed by atoms with Crippen molar-refractivity contribution in [3.8, 4) is 5.75 Å². The maximum absolute atomic E-state index is 11.6. The molecule has 1 aromatic rings. The Balaban J connectivity index is 2.08. The van der Waals surface area contributed by atoms with Crippen LogP contribution in [0.4, 0.5) is 0 Å². The topological polar surface area (TPSA) is 35.5 Å². The number of aryl methyl sites for hydroxylation is 1. The highest BCUT2D eigenvalue weighted by molar-refractivity contribution is 5.73. The zero-order valence-corrected chi connectivity index (χ0v) is 10.2. The largest absolute Gasteiger partial charge is 0.426 e. The summed E-state index contributed by atoms with van der Waals surface area (Å²) in [7, 11) is 1.58. The molecule has 1 aliphatic carbocycles. The van der Waals surface area contributed by atoms with E-state index in [9.17, 15) is 4.79 Å². The average Bonchev–Trinajstić information content (AvgIpc) is 2.37. The van der Waals surface area contributed by atoms with E-state index in [4.69, 9.17) is 9.47 Å². The summed E-state index contributed by atoms with van der Waals surface area (Å²) < 4.78 is 10.3. The Morgan fingerprint density at radius 1 is 1.29 bits per heavy atom. The van der Waals surface area contributed by atoms with Crippen LogP contribution in [0.2, 0.25) is 0 Å². The lowest BCUT2D eigenvalue weighted by Gasteiger charge is -2.18. The number of fused-ring (bicyclic) bond motifs is 1. The Labute approximate surface area is 102 Å². The number of carbonyl (C=O) groups is 1. The molecule has 0 bridgehead atoms. The lowest BCUT2D eigenvalue weighted by Crippen LogP contribution is -2.13. The van der Waals surface area contributed by atoms with Crippen LogP contribution in [0, 0.1) is 0 Å². The third kappa shape index (κ3) is 3.07. The van der Waals surface area contributed by atoms with E-state index in [-0.39, 0.29) is 5.97 Å². The first kappa shape index (κ1) is 12.1. The highest BCUT2D eigenvalue weighted by atomic mass is 16.5. The molecule has 0 amide bonds. The van der Waals surface area contributed by atoms with E-state index in [2.05, 4.69) is 6.07 Å². The van der Waals surface area contributed by atoms with Gasteiger partial charge in [-0.25, -0.2) is 0 Å². The standard InChI is InChI=1S/C14H18O3/c1-16-10-9-14(15)17-13-8-4-6-11-5-2-3-7-12(11)13/h4,6,8H,2-3,5,7,9-10H2,1H3. The van der Waals surface area contributed by atoms with Crippen molar-refractivity contribution in [1.82, 2.24) is 0 Å². The van der Waals surface area contributed by atoms with Gasteiger partial charge in [-0.15, -0.1) is 0 Å². The van der Waals surface area contributed by atoms with E-state index < -0.39 is 0 Å². The molecular formula is C14H18O3. The zero-order valence-electron chi connectivity index (χ0n) is 10.2. The summed E-state index contributed by atoms with van der Waals surface area (Å²) in [6.45, 7) is 0.411. The number of esters is 1. The van der Waals surface area contributed by atoms with E-state index in [0.29, 0.717) is 13.0 Å². The van der Waals surface area contributed by atoms with Crippen molar-refractivity contribution in [2.45, 2.75) is 32.1 Å². The molecule has 3 nitrogen and oxygen atoms in total. The van der Waals surface area contributed by atoms with Crippen LogP contribution < -0.4 is 4.74 Å². The minimum atomic E-state index is -0.217. The molecule has 0 heterocycles. The Morgan fingerprint density at radius 2 is 2.12 bits per heavy atom. The van der Waals surface area contributed by atoms with Crippen LogP contribution in [0.15, 0.2) is 18.2 Å². The fraction of sp³-hybridized carbons (Fsp3) is 0.500. The highest BCUT2D eigenvalue weighted by Crippen LogP contribution is 2.29. The first-order valence-corrected chi connectivity index (χ1v) is 6.11. The molecule has 3 heteroatoms. The van der Waals surface area contributed by atoms with Gasteiger partial charge in [-0.3, -0.25) is 4.79 Å². The van der Waals surface area contributed by atoms with Crippen molar-refractivity contribution in [2.75, 3.05) is 13.7 Å². The van der Waals surface area contributed by atoms with E-state index in [1.54, 1.807) is 7.11 Å². The highest BCUT2D eigenvalue weighted by Gasteiger charge is 2.15. The Morgan fingerprint density at radius 3 is 2.94 bits per heavy atom. The van der Waals surface area contributed by atoms with Crippen LogP contribution in [0.5, 0.6) is 5.75 Å². The summed E-state index contributed by atoms with van der Waals surface area (Å²) in [6.07, 6.45) is 4.83. The summed E-state index contributed by atoms with van der Waals surface area (Å²) in [5, 5.41) is 0. The molecule has 2 rings (SSSR count). The molecule has 17 heavy (non-hydrogen) atoms. The van der Waals surface area contributed by atoms with Crippen molar-refractivity contribution in [3.05, 3.63) is 29.3 Å². The number of hydrogen-bond donors (Lipinski definition) is 0. The van der Waals surface area contributed by atoms with Crippen LogP contribution in [0.3, 0.4) is 0 Å². The normalized spacial score (nSPS) is 14.2. The Bertz CT molecular complexity index is 398. The first-order valence-electron chi connectivity index (χ1n) is 6.11. The summed E-state index contributed by atoms with van der Waals surface area (Å²) in [5.41, 5.74) is 2.54. The maximum Gasteiger partial charge on any atom is 0.313 e. The molecule has 0 unspecified atom stereocenters. The van der Waals surface area contributed by atoms with E-state index in [1.165, 1.54) is 24.0 Å². The molecular weight excluding hydrogens is 216 g/mol. The first-order chi connectivity index (χ1) is 8.31. The van der Waals surface area contributed by atoms with Crippen molar-refractivity contribution in [2.24, 2.45) is 0 Å². The Kier molecular flexibility index (Phi) is 4.15. The van der Waals surface area contributed by atoms with E-state index in [1.807, 2.05) is 12.1 Å². The number of ether oxygens (including phenoxy) is 2. The summed E-state index contributed by atoms with van der Waals surface area (Å²) in [4.78, 5) is 11.6. The van der Waals surface area contributed by atoms with Crippen LogP contribution >= 0.6 is 0 Å². The second-order valence-corrected chi connectivity index (χ2v) is 4.32. The van der Waals surface area contributed by atoms with Gasteiger partial charge < -0.3 is 9.47 Å². The minimum absolute atomic E-state index is 0.217. The fourth-order valence-electron chi connectivity index (χ4n) is 2.20. The van der Waals surface area contributed by atoms with Crippen LogP contribution in [0.1, 0.15) is 30.4 Å². The van der Waals surface area contributed by atoms with Gasteiger partial charge in [-0.1, -0.05) is 12.1 Å². The second-order valence-electron chi connectivity index (χ2n) is 4.32. The minimum Gasteiger partial charge on any atom is -0.426 e. The number of carbonyl (C=O) groups excluding carboxylic acids is 1. The lowest BCUT2D eigenvalue weighted by molar-refractivity contribution is -0.135. The van der Waals surface area contributed by atoms with Gasteiger partial charge in [0.25, 0.3) is 0 Å². The van der Waals surface area contributed by atoms with E-state index >= 15 is 0 Å². The third-order valence-electron chi connectivity index (χ3n) is 3.09. The Hall–Kier alpha value is -1.35. The van der Waals surface area contributed by atoms with Gasteiger partial charge >= 0.3 is 5.97 Å². The number of methoxy groups -OCH3 is 1. The number of rotatable bonds is 4. The molecule has 0 fully saturated rings. The van der Waals surface area contributed by atoms with Crippen LogP contribution in [-0.2, 0) is 22.4 Å². The van der Waals surface area contributed by atoms with Crippen molar-refractivity contribution >= 4 is 5.97 Å². The molecule has 0 saturated heterocycles. The number of hydrogen-bond acceptors (Lipinski definition) is 3. The van der Waals surface area contributed by atoms with Crippen molar-refractivity contribution in [1.29, 1.82) is 0 Å². The quantitative estimate of drug-likeness (QED) is 0.593. The molecule has 0 radical (unpaired) electrons. The molecule has 0 spiro atoms. The predicted octanol–water partition coefficient (Wildman–Crippen LogP) is 2.51. The molecule has 1 aromatic carbocycles. The zero-order chi connectivity index (χ0) is 12.1. The third-order valence-corrected chi connectivity index (χ3v) is 3.09. The summed E-state index contributed by atoms with van der Waals surface area (Å²) in [5.74, 6) is 0.522. The monoisotopic (exact) mass is 234 g/mol. The fourth-order valence-corrected chi connectivity index (χ4v) is 2.20. The average molecular weight is 234 g/mol. The van der Waals surface area contributed by atoms with Gasteiger partial charge in [0.1, 0.15) is 5.75 Å². The van der Waals surface area contributed by atoms with Gasteiger partial charge in [0, 0.05) is 7.11 Å². The molecule has 1 aliphatic rings. The van der Waals surface area contributed by atoms with Crippen LogP contribution in [-0.4, -0.2) is 19.7 Å². The molecule has 0 atom stereocenters. The van der Waals surface area contributed by atoms with E-state index in [0.717, 1.165) is 18.6 Å². The van der Waals surface area contributed by atoms with Gasteiger partial charge in [-0.2, -0.15) is 0 Å². The second kappa shape index (κ2) is 5.82. The van der Waals surface area contributed by atoms with Gasteiger partial charge in [0.2, 0.25) is 0 Å². The smallest absolute Gasteiger partial charge is 0.313 e. The summed E-state index contributed by atoms with van der Waals surface area (Å²) >= 11 is 0. The summed E-state index contributed by atoms with van der Waals surface area (Å²) in [6, 6.07) is 5.97. The van der Waals surface area contributed by atoms with Gasteiger partial charge in [0.15, 0.2) is 0 Å². The van der Waals surface area contributed by atoms with Gasteiger partial charge in [0.05, 0.1) is 13.0 Å². The predicted molar refractivity (Wildman–Crippen MR) is 65.2 cm³/mol. The molecule has 0 saturated carbocycles. The number of benzene rings is 1. The van der Waals surface area contributed by atoms with Crippen molar-refractivity contribution in [3.63, 3.8) is 0 Å². The molecule has 92 valence electrons. The molecule has 0 aliphatic heterocycles. The van der Waals surface area contributed by atoms with Crippen molar-refractivity contribution < 1.29 is 14.3 Å². The maximum atomic E-state index is 11.6.